The van der Waals surface area contributed by atoms with Gasteiger partial charge in [-0.3, -0.25) is 4.79 Å². The second kappa shape index (κ2) is 6.85. The molecule has 0 aliphatic carbocycles. The Morgan fingerprint density at radius 2 is 1.64 bits per heavy atom. The number of halogens is 1. The lowest BCUT2D eigenvalue weighted by atomic mass is 10.2. The average Bonchev–Trinajstić information content (AvgIpc) is 2.79. The van der Waals surface area contributed by atoms with Crippen LogP contribution in [0.2, 0.25) is 0 Å². The Morgan fingerprint density at radius 1 is 1.04 bits per heavy atom. The van der Waals surface area contributed by atoms with Crippen LogP contribution in [0, 0.1) is 3.57 Å². The highest BCUT2D eigenvalue weighted by atomic mass is 127. The van der Waals surface area contributed by atoms with Crippen LogP contribution in [0.25, 0.3) is 0 Å². The van der Waals surface area contributed by atoms with Crippen LogP contribution >= 0.6 is 22.6 Å². The number of nitrogens with zero attached hydrogens (tertiary/aromatic N) is 3. The molecular weight excluding hydrogens is 453 g/mol. The Morgan fingerprint density at radius 3 is 2.24 bits per heavy atom. The molecule has 1 saturated heterocycles. The maximum absolute atomic E-state index is 12.8. The number of carbonyl (C=O) groups is 1. The average molecular weight is 469 g/mol. The molecule has 0 aromatic heterocycles. The number of hydrogen-bond acceptors (Lipinski definition) is 4. The summed E-state index contributed by atoms with van der Waals surface area (Å²) < 4.78 is 29.9. The van der Waals surface area contributed by atoms with E-state index in [1.807, 2.05) is 18.2 Å². The fraction of sp³-hybridized carbons (Fsp3) is 0.176. The molecule has 130 valence electrons. The third-order valence-corrected chi connectivity index (χ3v) is 6.04. The van der Waals surface area contributed by atoms with Crippen molar-refractivity contribution in [2.24, 2.45) is 4.40 Å². The zero-order chi connectivity index (χ0) is 18.2. The lowest BCUT2D eigenvalue weighted by molar-refractivity contribution is -0.113. The zero-order valence-corrected chi connectivity index (χ0v) is 16.6. The molecule has 3 rings (SSSR count). The van der Waals surface area contributed by atoms with Gasteiger partial charge in [0.1, 0.15) is 5.71 Å². The summed E-state index contributed by atoms with van der Waals surface area (Å²) >= 11 is 2.10. The van der Waals surface area contributed by atoms with Crippen molar-refractivity contribution in [3.63, 3.8) is 0 Å². The van der Waals surface area contributed by atoms with Crippen molar-refractivity contribution in [3.05, 3.63) is 58.2 Å². The summed E-state index contributed by atoms with van der Waals surface area (Å²) in [6, 6.07) is 15.0. The van der Waals surface area contributed by atoms with E-state index in [0.29, 0.717) is 5.69 Å². The molecule has 1 amide bonds. The van der Waals surface area contributed by atoms with Gasteiger partial charge >= 0.3 is 0 Å². The highest BCUT2D eigenvalue weighted by molar-refractivity contribution is 14.1. The summed E-state index contributed by atoms with van der Waals surface area (Å²) in [6.07, 6.45) is 0. The Kier molecular flexibility index (Phi) is 4.94. The molecule has 0 bridgehead atoms. The standard InChI is InChI=1S/C17H16IN3O3S/c1-12-16(19-25(23,24)15-10-8-13(18)9-11-15)17(22)21(20(12)2)14-6-4-3-5-7-14/h3-12H,1-2H3. The molecule has 1 atom stereocenters. The second-order valence-corrected chi connectivity index (χ2v) is 8.46. The third-order valence-electron chi connectivity index (χ3n) is 4.01. The normalized spacial score (nSPS) is 20.4. The maximum Gasteiger partial charge on any atom is 0.289 e. The number of carbonyl (C=O) groups excluding carboxylic acids is 1. The SMILES string of the molecule is CC1C(=NS(=O)(=O)c2ccc(I)cc2)C(=O)N(c2ccccc2)N1C. The van der Waals surface area contributed by atoms with Crippen molar-refractivity contribution in [3.8, 4) is 0 Å². The third kappa shape index (κ3) is 3.46. The second-order valence-electron chi connectivity index (χ2n) is 5.61. The van der Waals surface area contributed by atoms with Crippen molar-refractivity contribution < 1.29 is 13.2 Å². The monoisotopic (exact) mass is 469 g/mol. The van der Waals surface area contributed by atoms with Gasteiger partial charge in [0.25, 0.3) is 15.9 Å². The largest absolute Gasteiger partial charge is 0.289 e. The first-order chi connectivity index (χ1) is 11.8. The van der Waals surface area contributed by atoms with Gasteiger partial charge in [-0.15, -0.1) is 0 Å². The predicted octanol–water partition coefficient (Wildman–Crippen LogP) is 2.70. The Hall–Kier alpha value is -1.78. The van der Waals surface area contributed by atoms with Crippen molar-refractivity contribution in [2.75, 3.05) is 12.1 Å². The molecule has 2 aromatic rings. The Bertz CT molecular complexity index is 927. The van der Waals surface area contributed by atoms with E-state index in [4.69, 9.17) is 0 Å². The zero-order valence-electron chi connectivity index (χ0n) is 13.6. The molecular formula is C17H16IN3O3S. The van der Waals surface area contributed by atoms with Crippen LogP contribution in [0.3, 0.4) is 0 Å². The molecule has 1 unspecified atom stereocenters. The van der Waals surface area contributed by atoms with E-state index in [0.717, 1.165) is 3.57 Å². The van der Waals surface area contributed by atoms with Gasteiger partial charge in [-0.2, -0.15) is 12.8 Å². The van der Waals surface area contributed by atoms with Gasteiger partial charge in [0.15, 0.2) is 0 Å². The fourth-order valence-electron chi connectivity index (χ4n) is 2.55. The van der Waals surface area contributed by atoms with E-state index in [-0.39, 0.29) is 10.6 Å². The van der Waals surface area contributed by atoms with Crippen molar-refractivity contribution in [1.82, 2.24) is 5.01 Å². The van der Waals surface area contributed by atoms with E-state index in [9.17, 15) is 13.2 Å². The van der Waals surface area contributed by atoms with Crippen molar-refractivity contribution in [2.45, 2.75) is 17.9 Å². The summed E-state index contributed by atoms with van der Waals surface area (Å²) in [6.45, 7) is 1.75. The summed E-state index contributed by atoms with van der Waals surface area (Å²) in [7, 11) is -2.21. The van der Waals surface area contributed by atoms with Gasteiger partial charge in [-0.25, -0.2) is 10.0 Å². The van der Waals surface area contributed by atoms with Crippen molar-refractivity contribution >= 4 is 49.9 Å². The quantitative estimate of drug-likeness (QED) is 0.649. The molecule has 1 aliphatic rings. The van der Waals surface area contributed by atoms with Gasteiger partial charge in [-0.1, -0.05) is 18.2 Å². The molecule has 6 nitrogen and oxygen atoms in total. The minimum absolute atomic E-state index is 0.00454. The van der Waals surface area contributed by atoms with Crippen LogP contribution < -0.4 is 5.01 Å². The first-order valence-electron chi connectivity index (χ1n) is 7.54. The molecule has 8 heteroatoms. The minimum Gasteiger partial charge on any atom is -0.266 e. The smallest absolute Gasteiger partial charge is 0.266 e. The number of sulfonamides is 1. The molecule has 0 spiro atoms. The first-order valence-corrected chi connectivity index (χ1v) is 10.1. The summed E-state index contributed by atoms with van der Waals surface area (Å²) in [5.41, 5.74) is 0.670. The van der Waals surface area contributed by atoms with E-state index in [1.165, 1.54) is 17.1 Å². The Balaban J connectivity index is 2.00. The topological polar surface area (TPSA) is 70.0 Å². The van der Waals surface area contributed by atoms with E-state index in [1.54, 1.807) is 43.2 Å². The fourth-order valence-corrected chi connectivity index (χ4v) is 3.99. The molecule has 0 N–H and O–H groups in total. The van der Waals surface area contributed by atoms with Gasteiger partial charge < -0.3 is 0 Å². The number of hydrazine groups is 1. The summed E-state index contributed by atoms with van der Waals surface area (Å²) in [4.78, 5) is 12.8. The molecule has 25 heavy (non-hydrogen) atoms. The molecule has 1 heterocycles. The number of anilines is 1. The predicted molar refractivity (Wildman–Crippen MR) is 105 cm³/mol. The Labute approximate surface area is 160 Å². The van der Waals surface area contributed by atoms with Crippen LogP contribution in [0.4, 0.5) is 5.69 Å². The molecule has 0 radical (unpaired) electrons. The summed E-state index contributed by atoms with van der Waals surface area (Å²) in [5, 5.41) is 3.12. The number of amides is 1. The van der Waals surface area contributed by atoms with Crippen LogP contribution in [-0.4, -0.2) is 38.1 Å². The summed E-state index contributed by atoms with van der Waals surface area (Å²) in [5.74, 6) is -0.435. The van der Waals surface area contributed by atoms with Gasteiger partial charge in [0.05, 0.1) is 16.6 Å². The molecule has 2 aromatic carbocycles. The van der Waals surface area contributed by atoms with Crippen LogP contribution in [0.5, 0.6) is 0 Å². The lowest BCUT2D eigenvalue weighted by Crippen LogP contribution is -2.38. The van der Waals surface area contributed by atoms with Crippen molar-refractivity contribution in [1.29, 1.82) is 0 Å². The van der Waals surface area contributed by atoms with E-state index >= 15 is 0 Å². The van der Waals surface area contributed by atoms with Crippen LogP contribution in [0.15, 0.2) is 63.9 Å². The molecule has 1 aliphatic heterocycles. The molecule has 0 saturated carbocycles. The number of rotatable bonds is 3. The highest BCUT2D eigenvalue weighted by Crippen LogP contribution is 2.25. The van der Waals surface area contributed by atoms with Gasteiger partial charge in [-0.05, 0) is 65.9 Å². The number of benzene rings is 2. The van der Waals surface area contributed by atoms with Gasteiger partial charge in [0.2, 0.25) is 0 Å². The van der Waals surface area contributed by atoms with Crippen LogP contribution in [0.1, 0.15) is 6.92 Å². The first kappa shape index (κ1) is 18.0. The van der Waals surface area contributed by atoms with Crippen LogP contribution in [-0.2, 0) is 14.8 Å². The molecule has 1 fully saturated rings. The number of hydrogen-bond donors (Lipinski definition) is 0. The van der Waals surface area contributed by atoms with Gasteiger partial charge in [0, 0.05) is 10.6 Å². The number of para-hydroxylation sites is 1. The highest BCUT2D eigenvalue weighted by Gasteiger charge is 2.41. The van der Waals surface area contributed by atoms with E-state index < -0.39 is 22.0 Å². The lowest BCUT2D eigenvalue weighted by Gasteiger charge is -2.25. The minimum atomic E-state index is -3.94. The maximum atomic E-state index is 12.8. The van der Waals surface area contributed by atoms with E-state index in [2.05, 4.69) is 27.0 Å².